The van der Waals surface area contributed by atoms with E-state index in [1.165, 1.54) is 0 Å². The summed E-state index contributed by atoms with van der Waals surface area (Å²) >= 11 is 5.48. The van der Waals surface area contributed by atoms with E-state index in [1.54, 1.807) is 6.20 Å². The molecule has 0 fully saturated rings. The quantitative estimate of drug-likeness (QED) is 0.752. The molecule has 1 atom stereocenters. The van der Waals surface area contributed by atoms with Crippen molar-refractivity contribution in [3.8, 4) is 0 Å². The molecule has 3 rings (SSSR count). The van der Waals surface area contributed by atoms with Gasteiger partial charge in [-0.15, -0.1) is 0 Å². The maximum Gasteiger partial charge on any atom is 0.179 e. The molecule has 106 valence electrons. The molecule has 1 unspecified atom stereocenters. The largest absolute Gasteiger partial charge is 0.328 e. The Morgan fingerprint density at radius 2 is 2.25 bits per heavy atom. The molecular formula is C13H18N6S. The van der Waals surface area contributed by atoms with Crippen LogP contribution < -0.4 is 0 Å². The first-order chi connectivity index (χ1) is 9.61. The molecule has 0 spiro atoms. The van der Waals surface area contributed by atoms with E-state index >= 15 is 0 Å². The first-order valence-corrected chi connectivity index (χ1v) is 7.17. The van der Waals surface area contributed by atoms with Crippen molar-refractivity contribution in [3.05, 3.63) is 28.9 Å². The van der Waals surface area contributed by atoms with Crippen LogP contribution in [0.1, 0.15) is 25.6 Å². The Morgan fingerprint density at radius 3 is 2.90 bits per heavy atom. The molecule has 0 aliphatic rings. The molecule has 0 aliphatic carbocycles. The zero-order chi connectivity index (χ0) is 14.3. The number of H-pyrrole nitrogens is 1. The summed E-state index contributed by atoms with van der Waals surface area (Å²) in [4.78, 5) is 3.28. The number of rotatable bonds is 4. The lowest BCUT2D eigenvalue weighted by Gasteiger charge is -2.15. The molecule has 1 N–H and O–H groups in total. The van der Waals surface area contributed by atoms with E-state index in [4.69, 9.17) is 12.2 Å². The first-order valence-electron chi connectivity index (χ1n) is 6.76. The Balaban J connectivity index is 2.10. The molecule has 0 aliphatic heterocycles. The number of aryl methyl sites for hydroxylation is 2. The number of aromatic amines is 1. The predicted molar refractivity (Wildman–Crippen MR) is 80.3 cm³/mol. The zero-order valence-electron chi connectivity index (χ0n) is 11.9. The van der Waals surface area contributed by atoms with Crippen molar-refractivity contribution in [1.82, 2.24) is 29.1 Å². The molecule has 0 radical (unpaired) electrons. The smallest absolute Gasteiger partial charge is 0.179 e. The average molecular weight is 290 g/mol. The molecule has 0 saturated heterocycles. The molecule has 3 aromatic heterocycles. The topological polar surface area (TPSA) is 56.4 Å². The molecule has 6 nitrogen and oxygen atoms in total. The fourth-order valence-corrected chi connectivity index (χ4v) is 2.98. The van der Waals surface area contributed by atoms with Crippen LogP contribution in [0.4, 0.5) is 0 Å². The fraction of sp³-hybridized carbons (Fsp3) is 0.462. The summed E-state index contributed by atoms with van der Waals surface area (Å²) in [6, 6.07) is 2.14. The minimum atomic E-state index is 0.206. The molecule has 0 bridgehead atoms. The van der Waals surface area contributed by atoms with Gasteiger partial charge in [0.2, 0.25) is 0 Å². The lowest BCUT2D eigenvalue weighted by molar-refractivity contribution is 0.435. The lowest BCUT2D eigenvalue weighted by Crippen LogP contribution is -2.15. The number of aromatic nitrogens is 6. The van der Waals surface area contributed by atoms with Crippen LogP contribution in [0.15, 0.2) is 18.5 Å². The van der Waals surface area contributed by atoms with Gasteiger partial charge < -0.3 is 4.98 Å². The lowest BCUT2D eigenvalue weighted by atomic mass is 10.3. The summed E-state index contributed by atoms with van der Waals surface area (Å²) in [7, 11) is 0. The van der Waals surface area contributed by atoms with Gasteiger partial charge in [-0.1, -0.05) is 0 Å². The third-order valence-electron chi connectivity index (χ3n) is 3.53. The Bertz CT molecular complexity index is 776. The second-order valence-electron chi connectivity index (χ2n) is 4.98. The average Bonchev–Trinajstić information content (AvgIpc) is 3.08. The third-order valence-corrected chi connectivity index (χ3v) is 3.83. The Morgan fingerprint density at radius 1 is 1.45 bits per heavy atom. The van der Waals surface area contributed by atoms with E-state index in [2.05, 4.69) is 33.6 Å². The molecule has 3 aromatic rings. The second-order valence-corrected chi connectivity index (χ2v) is 5.36. The van der Waals surface area contributed by atoms with Gasteiger partial charge in [0.15, 0.2) is 10.4 Å². The van der Waals surface area contributed by atoms with Gasteiger partial charge >= 0.3 is 0 Å². The van der Waals surface area contributed by atoms with Crippen LogP contribution in [0.2, 0.25) is 0 Å². The minimum absolute atomic E-state index is 0.206. The molecule has 3 heterocycles. The highest BCUT2D eigenvalue weighted by atomic mass is 32.1. The van der Waals surface area contributed by atoms with Crippen molar-refractivity contribution in [2.45, 2.75) is 39.9 Å². The van der Waals surface area contributed by atoms with Crippen LogP contribution in [0, 0.1) is 11.7 Å². The van der Waals surface area contributed by atoms with Crippen molar-refractivity contribution in [3.63, 3.8) is 0 Å². The maximum atomic E-state index is 5.48. The molecule has 0 saturated carbocycles. The summed E-state index contributed by atoms with van der Waals surface area (Å²) in [5, 5.41) is 8.81. The summed E-state index contributed by atoms with van der Waals surface area (Å²) < 4.78 is 6.79. The molecule has 0 amide bonds. The number of nitrogens with one attached hydrogen (secondary N) is 1. The molecule has 20 heavy (non-hydrogen) atoms. The van der Waals surface area contributed by atoms with Crippen molar-refractivity contribution in [2.75, 3.05) is 0 Å². The SMILES string of the molecule is CCn1nc(C)c2[nH]c(=S)n(C(C)Cn3cccn3)c21. The van der Waals surface area contributed by atoms with Crippen molar-refractivity contribution >= 4 is 23.4 Å². The summed E-state index contributed by atoms with van der Waals surface area (Å²) in [5.74, 6) is 0. The van der Waals surface area contributed by atoms with Gasteiger partial charge in [-0.25, -0.2) is 4.68 Å². The van der Waals surface area contributed by atoms with Gasteiger partial charge in [0, 0.05) is 18.9 Å². The van der Waals surface area contributed by atoms with E-state index < -0.39 is 0 Å². The van der Waals surface area contributed by atoms with Crippen LogP contribution in [0.3, 0.4) is 0 Å². The summed E-state index contributed by atoms with van der Waals surface area (Å²) in [6.45, 7) is 7.84. The van der Waals surface area contributed by atoms with Crippen molar-refractivity contribution < 1.29 is 0 Å². The van der Waals surface area contributed by atoms with Gasteiger partial charge in [-0.2, -0.15) is 10.2 Å². The highest BCUT2D eigenvalue weighted by Crippen LogP contribution is 2.22. The minimum Gasteiger partial charge on any atom is -0.328 e. The normalized spacial score (nSPS) is 13.2. The highest BCUT2D eigenvalue weighted by Gasteiger charge is 2.18. The zero-order valence-corrected chi connectivity index (χ0v) is 12.7. The van der Waals surface area contributed by atoms with E-state index in [1.807, 2.05) is 28.6 Å². The Kier molecular flexibility index (Phi) is 3.21. The predicted octanol–water partition coefficient (Wildman–Crippen LogP) is 2.68. The Labute approximate surface area is 122 Å². The standard InChI is InChI=1S/C13H18N6S/c1-4-18-12-11(10(3)16-18)15-13(20)19(12)9(2)8-17-7-5-6-14-17/h5-7,9H,4,8H2,1-3H3,(H,15,20). The number of nitrogens with zero attached hydrogens (tertiary/aromatic N) is 5. The molecular weight excluding hydrogens is 272 g/mol. The third kappa shape index (κ3) is 1.98. The van der Waals surface area contributed by atoms with Crippen LogP contribution in [0.25, 0.3) is 11.2 Å². The van der Waals surface area contributed by atoms with Crippen LogP contribution in [-0.2, 0) is 13.1 Å². The van der Waals surface area contributed by atoms with Crippen LogP contribution in [0.5, 0.6) is 0 Å². The van der Waals surface area contributed by atoms with Crippen LogP contribution in [-0.4, -0.2) is 29.1 Å². The van der Waals surface area contributed by atoms with Crippen LogP contribution >= 0.6 is 12.2 Å². The van der Waals surface area contributed by atoms with Gasteiger partial charge in [0.05, 0.1) is 18.3 Å². The summed E-state index contributed by atoms with van der Waals surface area (Å²) in [5.41, 5.74) is 3.08. The number of imidazole rings is 1. The van der Waals surface area contributed by atoms with Gasteiger partial charge in [0.25, 0.3) is 0 Å². The van der Waals surface area contributed by atoms with Crippen molar-refractivity contribution in [1.29, 1.82) is 0 Å². The highest BCUT2D eigenvalue weighted by molar-refractivity contribution is 7.71. The maximum absolute atomic E-state index is 5.48. The van der Waals surface area contributed by atoms with E-state index in [9.17, 15) is 0 Å². The second kappa shape index (κ2) is 4.90. The number of hydrogen-bond donors (Lipinski definition) is 1. The molecule has 0 aromatic carbocycles. The van der Waals surface area contributed by atoms with E-state index in [0.29, 0.717) is 0 Å². The van der Waals surface area contributed by atoms with Crippen molar-refractivity contribution in [2.24, 2.45) is 0 Å². The number of fused-ring (bicyclic) bond motifs is 1. The fourth-order valence-electron chi connectivity index (χ4n) is 2.61. The van der Waals surface area contributed by atoms with Gasteiger partial charge in [0.1, 0.15) is 5.52 Å². The van der Waals surface area contributed by atoms with E-state index in [0.717, 1.165) is 34.7 Å². The van der Waals surface area contributed by atoms with Gasteiger partial charge in [-0.05, 0) is 39.1 Å². The molecule has 7 heteroatoms. The van der Waals surface area contributed by atoms with E-state index in [-0.39, 0.29) is 6.04 Å². The first kappa shape index (κ1) is 13.1. The monoisotopic (exact) mass is 290 g/mol. The van der Waals surface area contributed by atoms with Gasteiger partial charge in [-0.3, -0.25) is 9.25 Å². The summed E-state index contributed by atoms with van der Waals surface area (Å²) in [6.07, 6.45) is 3.76. The Hall–Kier alpha value is -1.89. The number of hydrogen-bond acceptors (Lipinski definition) is 3.